The molecule has 0 unspecified atom stereocenters. The third-order valence-electron chi connectivity index (χ3n) is 3.26. The molecule has 0 bridgehead atoms. The highest BCUT2D eigenvalue weighted by molar-refractivity contribution is 7.99. The summed E-state index contributed by atoms with van der Waals surface area (Å²) in [5, 5.41) is 3.31. The molecule has 1 nitrogen and oxygen atoms in total. The van der Waals surface area contributed by atoms with Crippen LogP contribution in [0.4, 0.5) is 4.39 Å². The van der Waals surface area contributed by atoms with Gasteiger partial charge in [0.1, 0.15) is 5.82 Å². The molecule has 3 heteroatoms. The number of aryl methyl sites for hydroxylation is 2. The van der Waals surface area contributed by atoms with E-state index in [0.29, 0.717) is 6.54 Å². The van der Waals surface area contributed by atoms with E-state index in [2.05, 4.69) is 50.4 Å². The van der Waals surface area contributed by atoms with E-state index in [-0.39, 0.29) is 5.82 Å². The summed E-state index contributed by atoms with van der Waals surface area (Å²) < 4.78 is 13.8. The van der Waals surface area contributed by atoms with Crippen molar-refractivity contribution in [3.8, 4) is 0 Å². The van der Waals surface area contributed by atoms with Gasteiger partial charge in [0.05, 0.1) is 0 Å². The Hall–Kier alpha value is -1.32. The number of nitrogens with one attached hydrogen (secondary N) is 1. The lowest BCUT2D eigenvalue weighted by Crippen LogP contribution is -2.13. The van der Waals surface area contributed by atoms with Crippen LogP contribution in [0.1, 0.15) is 30.0 Å². The van der Waals surface area contributed by atoms with Crippen molar-refractivity contribution >= 4 is 11.8 Å². The van der Waals surface area contributed by atoms with Crippen LogP contribution >= 0.6 is 11.8 Å². The lowest BCUT2D eigenvalue weighted by Gasteiger charge is -2.09. The minimum absolute atomic E-state index is 0.168. The molecule has 1 N–H and O–H groups in total. The van der Waals surface area contributed by atoms with Crippen molar-refractivity contribution in [2.45, 2.75) is 43.5 Å². The molecular weight excluding hydrogens is 281 g/mol. The van der Waals surface area contributed by atoms with Crippen molar-refractivity contribution in [1.29, 1.82) is 0 Å². The Morgan fingerprint density at radius 2 is 1.90 bits per heavy atom. The standard InChI is InChI=1S/C18H22FNS/c1-4-7-20-12-15-9-16(19)11-17(10-15)21-18-8-13(2)5-6-14(18)3/h5-6,8-11,20H,4,7,12H2,1-3H3. The second-order valence-electron chi connectivity index (χ2n) is 5.34. The molecule has 0 aliphatic rings. The summed E-state index contributed by atoms with van der Waals surface area (Å²) in [6, 6.07) is 11.6. The van der Waals surface area contributed by atoms with Crippen molar-refractivity contribution < 1.29 is 4.39 Å². The molecule has 0 fully saturated rings. The Morgan fingerprint density at radius 1 is 1.10 bits per heavy atom. The van der Waals surface area contributed by atoms with Crippen molar-refractivity contribution in [3.05, 3.63) is 58.9 Å². The van der Waals surface area contributed by atoms with Gasteiger partial charge in [-0.25, -0.2) is 4.39 Å². The van der Waals surface area contributed by atoms with E-state index < -0.39 is 0 Å². The van der Waals surface area contributed by atoms with Gasteiger partial charge in [0, 0.05) is 16.3 Å². The summed E-state index contributed by atoms with van der Waals surface area (Å²) in [6.07, 6.45) is 1.08. The minimum atomic E-state index is -0.168. The van der Waals surface area contributed by atoms with Gasteiger partial charge in [-0.2, -0.15) is 0 Å². The van der Waals surface area contributed by atoms with E-state index in [9.17, 15) is 4.39 Å². The minimum Gasteiger partial charge on any atom is -0.313 e. The maximum Gasteiger partial charge on any atom is 0.124 e. The number of halogens is 1. The van der Waals surface area contributed by atoms with Crippen LogP contribution in [0.3, 0.4) is 0 Å². The van der Waals surface area contributed by atoms with Crippen LogP contribution in [-0.2, 0) is 6.54 Å². The highest BCUT2D eigenvalue weighted by atomic mass is 32.2. The van der Waals surface area contributed by atoms with Gasteiger partial charge in [0.15, 0.2) is 0 Å². The van der Waals surface area contributed by atoms with E-state index >= 15 is 0 Å². The van der Waals surface area contributed by atoms with Crippen molar-refractivity contribution in [1.82, 2.24) is 5.32 Å². The SMILES string of the molecule is CCCNCc1cc(F)cc(Sc2cc(C)ccc2C)c1. The van der Waals surface area contributed by atoms with Crippen LogP contribution in [0.5, 0.6) is 0 Å². The topological polar surface area (TPSA) is 12.0 Å². The molecule has 0 aliphatic carbocycles. The van der Waals surface area contributed by atoms with E-state index in [4.69, 9.17) is 0 Å². The molecule has 2 aromatic rings. The fourth-order valence-corrected chi connectivity index (χ4v) is 3.25. The van der Waals surface area contributed by atoms with E-state index in [1.165, 1.54) is 16.0 Å². The van der Waals surface area contributed by atoms with Crippen LogP contribution in [0, 0.1) is 19.7 Å². The van der Waals surface area contributed by atoms with Crippen LogP contribution in [0.15, 0.2) is 46.2 Å². The van der Waals surface area contributed by atoms with Gasteiger partial charge in [0.2, 0.25) is 0 Å². The predicted octanol–water partition coefficient (Wildman–Crippen LogP) is 5.09. The maximum atomic E-state index is 13.8. The Labute approximate surface area is 131 Å². The van der Waals surface area contributed by atoms with Gasteiger partial charge in [-0.05, 0) is 67.8 Å². The molecule has 0 heterocycles. The Bertz CT molecular complexity index is 610. The average molecular weight is 303 g/mol. The molecule has 0 saturated carbocycles. The monoisotopic (exact) mass is 303 g/mol. The fourth-order valence-electron chi connectivity index (χ4n) is 2.14. The average Bonchev–Trinajstić information content (AvgIpc) is 2.43. The van der Waals surface area contributed by atoms with Crippen molar-refractivity contribution in [2.24, 2.45) is 0 Å². The highest BCUT2D eigenvalue weighted by Gasteiger charge is 2.05. The zero-order valence-corrected chi connectivity index (χ0v) is 13.7. The van der Waals surface area contributed by atoms with Crippen LogP contribution in [-0.4, -0.2) is 6.54 Å². The summed E-state index contributed by atoms with van der Waals surface area (Å²) in [5.41, 5.74) is 3.45. The van der Waals surface area contributed by atoms with Gasteiger partial charge in [0.25, 0.3) is 0 Å². The Kier molecular flexibility index (Phi) is 5.83. The first kappa shape index (κ1) is 16.1. The maximum absolute atomic E-state index is 13.8. The van der Waals surface area contributed by atoms with Gasteiger partial charge in [-0.1, -0.05) is 30.8 Å². The molecule has 2 rings (SSSR count). The lowest BCUT2D eigenvalue weighted by molar-refractivity contribution is 0.615. The second-order valence-corrected chi connectivity index (χ2v) is 6.46. The first-order valence-electron chi connectivity index (χ1n) is 7.34. The number of benzene rings is 2. The summed E-state index contributed by atoms with van der Waals surface area (Å²) in [7, 11) is 0. The zero-order chi connectivity index (χ0) is 15.2. The zero-order valence-electron chi connectivity index (χ0n) is 12.9. The Balaban J connectivity index is 2.17. The van der Waals surface area contributed by atoms with Crippen LogP contribution < -0.4 is 5.32 Å². The second kappa shape index (κ2) is 7.62. The lowest BCUT2D eigenvalue weighted by atomic mass is 10.2. The first-order chi connectivity index (χ1) is 10.1. The molecule has 0 spiro atoms. The Morgan fingerprint density at radius 3 is 2.67 bits per heavy atom. The number of hydrogen-bond donors (Lipinski definition) is 1. The summed E-state index contributed by atoms with van der Waals surface area (Å²) in [6.45, 7) is 7.96. The summed E-state index contributed by atoms with van der Waals surface area (Å²) in [4.78, 5) is 2.14. The third-order valence-corrected chi connectivity index (χ3v) is 4.39. The molecule has 0 amide bonds. The van der Waals surface area contributed by atoms with E-state index in [0.717, 1.165) is 23.4 Å². The molecule has 112 valence electrons. The van der Waals surface area contributed by atoms with Crippen LogP contribution in [0.25, 0.3) is 0 Å². The van der Waals surface area contributed by atoms with Crippen molar-refractivity contribution in [3.63, 3.8) is 0 Å². The van der Waals surface area contributed by atoms with Gasteiger partial charge in [-0.15, -0.1) is 0 Å². The smallest absolute Gasteiger partial charge is 0.124 e. The molecule has 0 aromatic heterocycles. The van der Waals surface area contributed by atoms with Gasteiger partial charge >= 0.3 is 0 Å². The molecular formula is C18H22FNS. The largest absolute Gasteiger partial charge is 0.313 e. The predicted molar refractivity (Wildman–Crippen MR) is 88.4 cm³/mol. The normalized spacial score (nSPS) is 10.9. The first-order valence-corrected chi connectivity index (χ1v) is 8.15. The summed E-state index contributed by atoms with van der Waals surface area (Å²) >= 11 is 1.63. The molecule has 0 aliphatic heterocycles. The number of rotatable bonds is 6. The van der Waals surface area contributed by atoms with Gasteiger partial charge in [-0.3, -0.25) is 0 Å². The quantitative estimate of drug-likeness (QED) is 0.746. The van der Waals surface area contributed by atoms with E-state index in [1.807, 2.05) is 0 Å². The molecule has 0 saturated heterocycles. The summed E-state index contributed by atoms with van der Waals surface area (Å²) in [5.74, 6) is -0.168. The molecule has 0 atom stereocenters. The third kappa shape index (κ3) is 4.87. The van der Waals surface area contributed by atoms with Crippen LogP contribution in [0.2, 0.25) is 0 Å². The van der Waals surface area contributed by atoms with Crippen molar-refractivity contribution in [2.75, 3.05) is 6.54 Å². The molecule has 2 aromatic carbocycles. The molecule has 21 heavy (non-hydrogen) atoms. The fraction of sp³-hybridized carbons (Fsp3) is 0.333. The highest BCUT2D eigenvalue weighted by Crippen LogP contribution is 2.32. The van der Waals surface area contributed by atoms with Gasteiger partial charge < -0.3 is 5.32 Å². The molecule has 0 radical (unpaired) electrons. The van der Waals surface area contributed by atoms with E-state index in [1.54, 1.807) is 23.9 Å². The number of hydrogen-bond acceptors (Lipinski definition) is 2.